The summed E-state index contributed by atoms with van der Waals surface area (Å²) in [5, 5.41) is 0. The number of halogens is 1. The van der Waals surface area contributed by atoms with Crippen LogP contribution in [0.3, 0.4) is 0 Å². The number of rotatable bonds is 4. The van der Waals surface area contributed by atoms with E-state index in [9.17, 15) is 0 Å². The quantitative estimate of drug-likeness (QED) is 0.926. The predicted molar refractivity (Wildman–Crippen MR) is 76.7 cm³/mol. The lowest BCUT2D eigenvalue weighted by Gasteiger charge is -2.34. The van der Waals surface area contributed by atoms with Crippen LogP contribution in [0.5, 0.6) is 0 Å². The zero-order valence-corrected chi connectivity index (χ0v) is 12.3. The molecule has 100 valence electrons. The topological polar surface area (TPSA) is 51.4 Å². The maximum Gasteiger partial charge on any atom is 0.133 e. The fourth-order valence-electron chi connectivity index (χ4n) is 2.41. The molecule has 1 unspecified atom stereocenters. The van der Waals surface area contributed by atoms with Crippen LogP contribution in [0.2, 0.25) is 0 Å². The molecule has 1 saturated heterocycles. The van der Waals surface area contributed by atoms with Crippen LogP contribution in [0, 0.1) is 0 Å². The highest BCUT2D eigenvalue weighted by Crippen LogP contribution is 2.25. The molecule has 0 radical (unpaired) electrons. The third kappa shape index (κ3) is 3.22. The molecule has 5 heteroatoms. The first-order valence-electron chi connectivity index (χ1n) is 6.45. The Balaban J connectivity index is 2.15. The van der Waals surface area contributed by atoms with Crippen LogP contribution < -0.4 is 10.6 Å². The Morgan fingerprint density at radius 2 is 2.44 bits per heavy atom. The summed E-state index contributed by atoms with van der Waals surface area (Å²) in [6.07, 6.45) is 4.43. The molecule has 18 heavy (non-hydrogen) atoms. The second-order valence-electron chi connectivity index (χ2n) is 4.51. The molecule has 2 N–H and O–H groups in total. The van der Waals surface area contributed by atoms with Gasteiger partial charge in [0, 0.05) is 42.5 Å². The predicted octanol–water partition coefficient (Wildman–Crippen LogP) is 2.31. The molecule has 0 aliphatic carbocycles. The zero-order chi connectivity index (χ0) is 13.0. The minimum Gasteiger partial charge on any atom is -0.377 e. The van der Waals surface area contributed by atoms with Crippen LogP contribution in [0.1, 0.15) is 25.3 Å². The van der Waals surface area contributed by atoms with Gasteiger partial charge >= 0.3 is 0 Å². The number of nitrogens with zero attached hydrogens (tertiary/aromatic N) is 2. The first-order valence-corrected chi connectivity index (χ1v) is 7.25. The van der Waals surface area contributed by atoms with Crippen molar-refractivity contribution in [3.63, 3.8) is 0 Å². The highest BCUT2D eigenvalue weighted by atomic mass is 79.9. The molecule has 0 aromatic carbocycles. The summed E-state index contributed by atoms with van der Waals surface area (Å²) in [5.74, 6) is 1.00. The average Bonchev–Trinajstić information content (AvgIpc) is 2.39. The number of hydrogen-bond donors (Lipinski definition) is 1. The maximum absolute atomic E-state index is 5.80. The molecule has 1 aromatic rings. The molecule has 1 aromatic heterocycles. The lowest BCUT2D eigenvalue weighted by molar-refractivity contribution is 0.0525. The second-order valence-corrected chi connectivity index (χ2v) is 5.42. The average molecular weight is 314 g/mol. The molecule has 1 atom stereocenters. The molecule has 4 nitrogen and oxygen atoms in total. The molecular formula is C13H20BrN3O. The minimum atomic E-state index is 0.319. The Kier molecular flexibility index (Phi) is 4.97. The standard InChI is InChI=1S/C13H20BrN3O/c1-2-18-12-4-3-5-17(9-12)13-10(7-15)6-11(14)8-16-13/h6,8,12H,2-5,7,9,15H2,1H3. The molecule has 0 saturated carbocycles. The van der Waals surface area contributed by atoms with Gasteiger partial charge in [-0.3, -0.25) is 0 Å². The number of pyridine rings is 1. The second kappa shape index (κ2) is 6.50. The number of piperidine rings is 1. The summed E-state index contributed by atoms with van der Waals surface area (Å²) in [5.41, 5.74) is 6.89. The molecule has 2 heterocycles. The molecular weight excluding hydrogens is 294 g/mol. The van der Waals surface area contributed by atoms with Gasteiger partial charge in [0.05, 0.1) is 6.10 Å². The molecule has 1 aliphatic heterocycles. The van der Waals surface area contributed by atoms with Crippen LogP contribution in [-0.2, 0) is 11.3 Å². The number of anilines is 1. The van der Waals surface area contributed by atoms with E-state index in [1.807, 2.05) is 19.2 Å². The summed E-state index contributed by atoms with van der Waals surface area (Å²) < 4.78 is 6.70. The first kappa shape index (κ1) is 13.8. The van der Waals surface area contributed by atoms with Gasteiger partial charge in [0.15, 0.2) is 0 Å². The Hall–Kier alpha value is -0.650. The van der Waals surface area contributed by atoms with E-state index in [-0.39, 0.29) is 0 Å². The van der Waals surface area contributed by atoms with Crippen molar-refractivity contribution in [3.8, 4) is 0 Å². The van der Waals surface area contributed by atoms with Gasteiger partial charge < -0.3 is 15.4 Å². The van der Waals surface area contributed by atoms with Crippen molar-refractivity contribution >= 4 is 21.7 Å². The Labute approximate surface area is 117 Å². The van der Waals surface area contributed by atoms with Crippen molar-refractivity contribution in [2.75, 3.05) is 24.6 Å². The highest BCUT2D eigenvalue weighted by Gasteiger charge is 2.22. The summed E-state index contributed by atoms with van der Waals surface area (Å²) in [6, 6.07) is 2.05. The van der Waals surface area contributed by atoms with Gasteiger partial charge in [-0.15, -0.1) is 0 Å². The highest BCUT2D eigenvalue weighted by molar-refractivity contribution is 9.10. The van der Waals surface area contributed by atoms with Crippen LogP contribution in [0.4, 0.5) is 5.82 Å². The Morgan fingerprint density at radius 1 is 1.61 bits per heavy atom. The fourth-order valence-corrected chi connectivity index (χ4v) is 2.79. The van der Waals surface area contributed by atoms with Gasteiger partial charge in [-0.05, 0) is 41.8 Å². The largest absolute Gasteiger partial charge is 0.377 e. The van der Waals surface area contributed by atoms with E-state index in [0.29, 0.717) is 12.6 Å². The van der Waals surface area contributed by atoms with Gasteiger partial charge in [-0.2, -0.15) is 0 Å². The van der Waals surface area contributed by atoms with Crippen molar-refractivity contribution in [1.82, 2.24) is 4.98 Å². The van der Waals surface area contributed by atoms with Gasteiger partial charge in [-0.25, -0.2) is 4.98 Å². The summed E-state index contributed by atoms with van der Waals surface area (Å²) in [6.45, 7) is 5.27. The molecule has 0 bridgehead atoms. The Morgan fingerprint density at radius 3 is 3.17 bits per heavy atom. The number of nitrogens with two attached hydrogens (primary N) is 1. The van der Waals surface area contributed by atoms with Crippen molar-refractivity contribution in [2.45, 2.75) is 32.4 Å². The van der Waals surface area contributed by atoms with Gasteiger partial charge in [0.2, 0.25) is 0 Å². The number of hydrogen-bond acceptors (Lipinski definition) is 4. The molecule has 1 aliphatic rings. The van der Waals surface area contributed by atoms with Crippen molar-refractivity contribution in [3.05, 3.63) is 22.3 Å². The maximum atomic E-state index is 5.80. The van der Waals surface area contributed by atoms with Crippen LogP contribution >= 0.6 is 15.9 Å². The Bertz CT molecular complexity index is 398. The number of ether oxygens (including phenoxy) is 1. The van der Waals surface area contributed by atoms with Crippen LogP contribution in [0.15, 0.2) is 16.7 Å². The van der Waals surface area contributed by atoms with E-state index in [0.717, 1.165) is 48.4 Å². The van der Waals surface area contributed by atoms with E-state index in [2.05, 4.69) is 25.8 Å². The fraction of sp³-hybridized carbons (Fsp3) is 0.615. The molecule has 1 fully saturated rings. The summed E-state index contributed by atoms with van der Waals surface area (Å²) >= 11 is 3.44. The first-order chi connectivity index (χ1) is 8.74. The van der Waals surface area contributed by atoms with E-state index in [1.165, 1.54) is 0 Å². The number of aromatic nitrogens is 1. The lowest BCUT2D eigenvalue weighted by Crippen LogP contribution is -2.40. The monoisotopic (exact) mass is 313 g/mol. The van der Waals surface area contributed by atoms with Crippen LogP contribution in [0.25, 0.3) is 0 Å². The summed E-state index contributed by atoms with van der Waals surface area (Å²) in [7, 11) is 0. The van der Waals surface area contributed by atoms with E-state index in [1.54, 1.807) is 0 Å². The summed E-state index contributed by atoms with van der Waals surface area (Å²) in [4.78, 5) is 6.80. The molecule has 2 rings (SSSR count). The van der Waals surface area contributed by atoms with Crippen molar-refractivity contribution in [2.24, 2.45) is 5.73 Å². The minimum absolute atomic E-state index is 0.319. The third-order valence-corrected chi connectivity index (χ3v) is 3.64. The lowest BCUT2D eigenvalue weighted by atomic mass is 10.1. The smallest absolute Gasteiger partial charge is 0.133 e. The van der Waals surface area contributed by atoms with E-state index in [4.69, 9.17) is 10.5 Å². The normalized spacial score (nSPS) is 20.2. The third-order valence-electron chi connectivity index (χ3n) is 3.21. The molecule has 0 spiro atoms. The van der Waals surface area contributed by atoms with Crippen molar-refractivity contribution in [1.29, 1.82) is 0 Å². The van der Waals surface area contributed by atoms with E-state index >= 15 is 0 Å². The zero-order valence-electron chi connectivity index (χ0n) is 10.7. The van der Waals surface area contributed by atoms with E-state index < -0.39 is 0 Å². The SMILES string of the molecule is CCOC1CCCN(c2ncc(Br)cc2CN)C1. The molecule has 0 amide bonds. The van der Waals surface area contributed by atoms with Crippen LogP contribution in [-0.4, -0.2) is 30.8 Å². The van der Waals surface area contributed by atoms with Gasteiger partial charge in [0.25, 0.3) is 0 Å². The van der Waals surface area contributed by atoms with Gasteiger partial charge in [-0.1, -0.05) is 0 Å². The van der Waals surface area contributed by atoms with Crippen molar-refractivity contribution < 1.29 is 4.74 Å². The van der Waals surface area contributed by atoms with Gasteiger partial charge in [0.1, 0.15) is 5.82 Å².